The molecule has 0 aliphatic heterocycles. The third-order valence-electron chi connectivity index (χ3n) is 3.61. The number of hydrogen-bond donors (Lipinski definition) is 1. The summed E-state index contributed by atoms with van der Waals surface area (Å²) in [6.07, 6.45) is 0. The lowest BCUT2D eigenvalue weighted by molar-refractivity contribution is 0.0823. The second kappa shape index (κ2) is 5.90. The van der Waals surface area contributed by atoms with E-state index in [2.05, 4.69) is 4.98 Å². The van der Waals surface area contributed by atoms with E-state index >= 15 is 0 Å². The normalized spacial score (nSPS) is 10.5. The summed E-state index contributed by atoms with van der Waals surface area (Å²) in [4.78, 5) is 17.4. The first kappa shape index (κ1) is 14.1. The van der Waals surface area contributed by atoms with Crippen LogP contribution >= 0.6 is 0 Å². The molecule has 2 aromatic carbocycles. The molecule has 0 atom stereocenters. The largest absolute Gasteiger partial charge is 0.350 e. The van der Waals surface area contributed by atoms with E-state index in [-0.39, 0.29) is 5.91 Å². The first-order chi connectivity index (χ1) is 10.7. The summed E-state index contributed by atoms with van der Waals surface area (Å²) in [6, 6.07) is 22.0. The number of aromatic amines is 1. The van der Waals surface area contributed by atoms with Crippen LogP contribution < -0.4 is 0 Å². The van der Waals surface area contributed by atoms with E-state index in [9.17, 15) is 4.79 Å². The number of nitrogens with zero attached hydrogens (tertiary/aromatic N) is 1. The highest BCUT2D eigenvalue weighted by Crippen LogP contribution is 2.30. The summed E-state index contributed by atoms with van der Waals surface area (Å²) in [6.45, 7) is 0. The maximum atomic E-state index is 12.5. The highest BCUT2D eigenvalue weighted by molar-refractivity contribution is 6.00. The number of hydrogen-bond acceptors (Lipinski definition) is 1. The molecule has 0 aliphatic carbocycles. The summed E-state index contributed by atoms with van der Waals surface area (Å²) in [5.74, 6) is -0.0268. The summed E-state index contributed by atoms with van der Waals surface area (Å²) < 4.78 is 0. The van der Waals surface area contributed by atoms with Crippen molar-refractivity contribution in [2.75, 3.05) is 14.1 Å². The number of carbonyl (C=O) groups is 1. The molecule has 0 aliphatic rings. The third kappa shape index (κ3) is 2.66. The Hall–Kier alpha value is -2.81. The Morgan fingerprint density at radius 2 is 1.41 bits per heavy atom. The molecule has 1 amide bonds. The van der Waals surface area contributed by atoms with Crippen LogP contribution in [0.5, 0.6) is 0 Å². The average Bonchev–Trinajstić information content (AvgIpc) is 3.01. The van der Waals surface area contributed by atoms with Crippen LogP contribution in [0.1, 0.15) is 10.5 Å². The fraction of sp³-hybridized carbons (Fsp3) is 0.105. The van der Waals surface area contributed by atoms with Gasteiger partial charge in [-0.2, -0.15) is 0 Å². The van der Waals surface area contributed by atoms with Crippen LogP contribution in [0.3, 0.4) is 0 Å². The first-order valence-corrected chi connectivity index (χ1v) is 7.22. The fourth-order valence-electron chi connectivity index (χ4n) is 2.47. The molecule has 0 saturated heterocycles. The van der Waals surface area contributed by atoms with E-state index in [1.54, 1.807) is 19.0 Å². The number of H-pyrrole nitrogens is 1. The van der Waals surface area contributed by atoms with Crippen LogP contribution in [0.15, 0.2) is 66.7 Å². The molecule has 1 heterocycles. The zero-order valence-electron chi connectivity index (χ0n) is 12.7. The van der Waals surface area contributed by atoms with Crippen molar-refractivity contribution < 1.29 is 4.79 Å². The van der Waals surface area contributed by atoms with E-state index in [0.717, 1.165) is 22.4 Å². The minimum atomic E-state index is -0.0268. The number of amides is 1. The predicted octanol–water partition coefficient (Wildman–Crippen LogP) is 4.05. The van der Waals surface area contributed by atoms with Crippen molar-refractivity contribution in [3.05, 3.63) is 72.4 Å². The van der Waals surface area contributed by atoms with Crippen molar-refractivity contribution in [3.63, 3.8) is 0 Å². The smallest absolute Gasteiger partial charge is 0.270 e. The van der Waals surface area contributed by atoms with Gasteiger partial charge < -0.3 is 9.88 Å². The van der Waals surface area contributed by atoms with Gasteiger partial charge in [0.15, 0.2) is 0 Å². The molecule has 0 spiro atoms. The number of carbonyl (C=O) groups excluding carboxylic acids is 1. The van der Waals surface area contributed by atoms with Gasteiger partial charge in [-0.05, 0) is 17.2 Å². The predicted molar refractivity (Wildman–Crippen MR) is 89.7 cm³/mol. The molecular weight excluding hydrogens is 272 g/mol. The average molecular weight is 290 g/mol. The van der Waals surface area contributed by atoms with Crippen LogP contribution in [0.2, 0.25) is 0 Å². The third-order valence-corrected chi connectivity index (χ3v) is 3.61. The van der Waals surface area contributed by atoms with Crippen molar-refractivity contribution >= 4 is 5.91 Å². The topological polar surface area (TPSA) is 36.1 Å². The number of nitrogens with one attached hydrogen (secondary N) is 1. The van der Waals surface area contributed by atoms with Crippen molar-refractivity contribution in [1.29, 1.82) is 0 Å². The Bertz CT molecular complexity index is 774. The van der Waals surface area contributed by atoms with Gasteiger partial charge in [0.1, 0.15) is 5.69 Å². The van der Waals surface area contributed by atoms with E-state index in [4.69, 9.17) is 0 Å². The summed E-state index contributed by atoms with van der Waals surface area (Å²) >= 11 is 0. The Balaban J connectivity index is 2.15. The highest BCUT2D eigenvalue weighted by Gasteiger charge is 2.18. The summed E-state index contributed by atoms with van der Waals surface area (Å²) in [7, 11) is 3.53. The van der Waals surface area contributed by atoms with Crippen molar-refractivity contribution in [2.45, 2.75) is 0 Å². The quantitative estimate of drug-likeness (QED) is 0.776. The Labute approximate surface area is 130 Å². The van der Waals surface area contributed by atoms with Gasteiger partial charge in [0.2, 0.25) is 0 Å². The van der Waals surface area contributed by atoms with Gasteiger partial charge in [0.05, 0.1) is 0 Å². The summed E-state index contributed by atoms with van der Waals surface area (Å²) in [5.41, 5.74) is 4.60. The van der Waals surface area contributed by atoms with E-state index in [1.807, 2.05) is 66.7 Å². The van der Waals surface area contributed by atoms with Crippen LogP contribution in [0, 0.1) is 0 Å². The molecular formula is C19H18N2O. The van der Waals surface area contributed by atoms with Crippen molar-refractivity contribution in [1.82, 2.24) is 9.88 Å². The summed E-state index contributed by atoms with van der Waals surface area (Å²) in [5, 5.41) is 0. The van der Waals surface area contributed by atoms with Crippen LogP contribution in [0.25, 0.3) is 22.4 Å². The molecule has 0 fully saturated rings. The minimum absolute atomic E-state index is 0.0268. The molecule has 3 heteroatoms. The van der Waals surface area contributed by atoms with Gasteiger partial charge in [0, 0.05) is 25.4 Å². The van der Waals surface area contributed by atoms with Gasteiger partial charge >= 0.3 is 0 Å². The fourth-order valence-corrected chi connectivity index (χ4v) is 2.47. The van der Waals surface area contributed by atoms with E-state index in [1.165, 1.54) is 0 Å². The second-order valence-corrected chi connectivity index (χ2v) is 5.40. The molecule has 3 rings (SSSR count). The monoisotopic (exact) mass is 290 g/mol. The lowest BCUT2D eigenvalue weighted by atomic mass is 10.0. The van der Waals surface area contributed by atoms with Crippen LogP contribution in [-0.4, -0.2) is 29.9 Å². The molecule has 22 heavy (non-hydrogen) atoms. The number of benzene rings is 2. The molecule has 1 aromatic heterocycles. The van der Waals surface area contributed by atoms with Crippen LogP contribution in [0.4, 0.5) is 0 Å². The second-order valence-electron chi connectivity index (χ2n) is 5.40. The zero-order valence-corrected chi connectivity index (χ0v) is 12.7. The Morgan fingerprint density at radius 1 is 0.864 bits per heavy atom. The zero-order chi connectivity index (χ0) is 15.5. The molecule has 110 valence electrons. The van der Waals surface area contributed by atoms with Crippen LogP contribution in [-0.2, 0) is 0 Å². The lowest BCUT2D eigenvalue weighted by Gasteiger charge is -2.10. The maximum Gasteiger partial charge on any atom is 0.270 e. The molecule has 0 bridgehead atoms. The number of aromatic nitrogens is 1. The van der Waals surface area contributed by atoms with Crippen molar-refractivity contribution in [2.24, 2.45) is 0 Å². The van der Waals surface area contributed by atoms with Gasteiger partial charge in [-0.3, -0.25) is 4.79 Å². The van der Waals surface area contributed by atoms with Crippen molar-refractivity contribution in [3.8, 4) is 22.4 Å². The molecule has 0 saturated carbocycles. The molecule has 3 aromatic rings. The maximum absolute atomic E-state index is 12.5. The molecule has 1 N–H and O–H groups in total. The first-order valence-electron chi connectivity index (χ1n) is 7.22. The van der Waals surface area contributed by atoms with Gasteiger partial charge in [-0.15, -0.1) is 0 Å². The number of rotatable bonds is 3. The van der Waals surface area contributed by atoms with Gasteiger partial charge in [-0.1, -0.05) is 60.7 Å². The lowest BCUT2D eigenvalue weighted by Crippen LogP contribution is -2.22. The van der Waals surface area contributed by atoms with E-state index < -0.39 is 0 Å². The molecule has 3 nitrogen and oxygen atoms in total. The highest BCUT2D eigenvalue weighted by atomic mass is 16.2. The minimum Gasteiger partial charge on any atom is -0.350 e. The molecule has 0 radical (unpaired) electrons. The van der Waals surface area contributed by atoms with E-state index in [0.29, 0.717) is 5.69 Å². The Morgan fingerprint density at radius 3 is 1.95 bits per heavy atom. The van der Waals surface area contributed by atoms with Gasteiger partial charge in [0.25, 0.3) is 5.91 Å². The Kier molecular flexibility index (Phi) is 3.79. The standard InChI is InChI=1S/C19H18N2O/c1-21(2)19(22)18-16(14-9-5-3-6-10-14)13-17(20-18)15-11-7-4-8-12-15/h3-13,20H,1-2H3. The van der Waals surface area contributed by atoms with Gasteiger partial charge in [-0.25, -0.2) is 0 Å². The SMILES string of the molecule is CN(C)C(=O)c1[nH]c(-c2ccccc2)cc1-c1ccccc1. The molecule has 0 unspecified atom stereocenters.